The molecule has 0 aliphatic heterocycles. The molecule has 0 spiro atoms. The Kier molecular flexibility index (Phi) is 16.3. The number of ether oxygens (including phenoxy) is 1. The Hall–Kier alpha value is -4.78. The second kappa shape index (κ2) is 20.5. The number of sulfone groups is 2. The Morgan fingerprint density at radius 2 is 0.898 bits per heavy atom. The maximum absolute atomic E-state index is 12.8. The monoisotopic (exact) mass is 884 g/mol. The number of rotatable bonds is 18. The van der Waals surface area contributed by atoms with Gasteiger partial charge in [0, 0.05) is 56.6 Å². The highest BCUT2D eigenvalue weighted by Gasteiger charge is 2.17. The molecule has 5 aromatic rings. The molecular formula is C42H52N4O9S4. The smallest absolute Gasteiger partial charge is 0.240 e. The number of methoxy groups -OCH3 is 1. The molecule has 0 unspecified atom stereocenters. The van der Waals surface area contributed by atoms with Crippen LogP contribution in [0.2, 0.25) is 0 Å². The molecule has 318 valence electrons. The zero-order valence-corrected chi connectivity index (χ0v) is 37.0. The highest BCUT2D eigenvalue weighted by atomic mass is 32.2. The van der Waals surface area contributed by atoms with Crippen molar-refractivity contribution < 1.29 is 38.4 Å². The molecule has 3 N–H and O–H groups in total. The van der Waals surface area contributed by atoms with Crippen molar-refractivity contribution in [3.8, 4) is 5.75 Å². The molecule has 59 heavy (non-hydrogen) atoms. The van der Waals surface area contributed by atoms with Crippen LogP contribution in [0.4, 0.5) is 11.4 Å². The summed E-state index contributed by atoms with van der Waals surface area (Å²) in [6.07, 6.45) is 2.41. The summed E-state index contributed by atoms with van der Waals surface area (Å²) in [6, 6.07) is 35.7. The van der Waals surface area contributed by atoms with Crippen LogP contribution in [-0.2, 0) is 59.4 Å². The summed E-state index contributed by atoms with van der Waals surface area (Å²) >= 11 is 0. The molecule has 17 heteroatoms. The summed E-state index contributed by atoms with van der Waals surface area (Å²) < 4.78 is 103. The molecule has 0 atom stereocenters. The maximum Gasteiger partial charge on any atom is 0.240 e. The van der Waals surface area contributed by atoms with E-state index in [1.165, 1.54) is 36.8 Å². The third kappa shape index (κ3) is 16.1. The average Bonchev–Trinajstić information content (AvgIpc) is 3.18. The van der Waals surface area contributed by atoms with Gasteiger partial charge in [0.1, 0.15) is 25.4 Å². The lowest BCUT2D eigenvalue weighted by atomic mass is 10.1. The van der Waals surface area contributed by atoms with E-state index >= 15 is 0 Å². The Labute approximate surface area is 349 Å². The van der Waals surface area contributed by atoms with Gasteiger partial charge in [-0.2, -0.15) is 0 Å². The van der Waals surface area contributed by atoms with E-state index in [4.69, 9.17) is 9.88 Å². The Morgan fingerprint density at radius 1 is 0.525 bits per heavy atom. The van der Waals surface area contributed by atoms with E-state index < -0.39 is 39.7 Å². The average molecular weight is 885 g/mol. The molecule has 5 aromatic carbocycles. The third-order valence-corrected chi connectivity index (χ3v) is 13.3. The quantitative estimate of drug-likeness (QED) is 0.117. The Balaban J connectivity index is 0.000000273. The van der Waals surface area contributed by atoms with Crippen molar-refractivity contribution >= 4 is 51.1 Å². The molecule has 0 heterocycles. The normalized spacial score (nSPS) is 12.0. The van der Waals surface area contributed by atoms with Gasteiger partial charge in [-0.05, 0) is 91.2 Å². The number of nitrogens with two attached hydrogens (primary N) is 1. The van der Waals surface area contributed by atoms with Gasteiger partial charge < -0.3 is 14.5 Å². The Morgan fingerprint density at radius 3 is 1.25 bits per heavy atom. The molecule has 0 aliphatic carbocycles. The zero-order valence-electron chi connectivity index (χ0n) is 33.8. The van der Waals surface area contributed by atoms with Gasteiger partial charge in [0.2, 0.25) is 20.0 Å². The fraction of sp³-hybridized carbons (Fsp3) is 0.286. The fourth-order valence-electron chi connectivity index (χ4n) is 5.67. The predicted octanol–water partition coefficient (Wildman–Crippen LogP) is 5.23. The summed E-state index contributed by atoms with van der Waals surface area (Å²) in [5, 5.41) is 5.12. The van der Waals surface area contributed by atoms with Crippen molar-refractivity contribution in [3.05, 3.63) is 149 Å². The van der Waals surface area contributed by atoms with Crippen molar-refractivity contribution in [2.45, 2.75) is 43.3 Å². The molecule has 0 radical (unpaired) electrons. The number of hydrogen-bond acceptors (Lipinski definition) is 11. The van der Waals surface area contributed by atoms with Gasteiger partial charge in [0.15, 0.2) is 0 Å². The number of sulfonamides is 2. The van der Waals surface area contributed by atoms with Crippen LogP contribution in [0.15, 0.2) is 131 Å². The molecular weight excluding hydrogens is 833 g/mol. The van der Waals surface area contributed by atoms with Crippen LogP contribution < -0.4 is 24.4 Å². The van der Waals surface area contributed by atoms with Crippen LogP contribution in [0, 0.1) is 13.8 Å². The second-order valence-corrected chi connectivity index (χ2v) is 22.1. The second-order valence-electron chi connectivity index (χ2n) is 14.3. The predicted molar refractivity (Wildman–Crippen MR) is 235 cm³/mol. The molecule has 0 saturated carbocycles. The van der Waals surface area contributed by atoms with Crippen molar-refractivity contribution in [3.63, 3.8) is 0 Å². The highest BCUT2D eigenvalue weighted by molar-refractivity contribution is 7.91. The third-order valence-electron chi connectivity index (χ3n) is 9.12. The lowest BCUT2D eigenvalue weighted by Crippen LogP contribution is -2.29. The number of nitrogens with one attached hydrogen (secondary N) is 1. The summed E-state index contributed by atoms with van der Waals surface area (Å²) in [5.74, 6) is 0.714. The number of primary sulfonamides is 1. The maximum atomic E-state index is 12.8. The van der Waals surface area contributed by atoms with E-state index in [1.54, 1.807) is 55.6 Å². The molecule has 0 amide bonds. The summed E-state index contributed by atoms with van der Waals surface area (Å²) in [4.78, 5) is 4.00. The van der Waals surface area contributed by atoms with Gasteiger partial charge in [-0.15, -0.1) is 0 Å². The van der Waals surface area contributed by atoms with Crippen molar-refractivity contribution in [2.75, 3.05) is 54.0 Å². The molecule has 0 fully saturated rings. The van der Waals surface area contributed by atoms with E-state index in [0.29, 0.717) is 31.9 Å². The first-order valence-electron chi connectivity index (χ1n) is 18.4. The van der Waals surface area contributed by atoms with E-state index in [-0.39, 0.29) is 27.8 Å². The van der Waals surface area contributed by atoms with Gasteiger partial charge >= 0.3 is 0 Å². The van der Waals surface area contributed by atoms with Crippen molar-refractivity contribution in [2.24, 2.45) is 5.14 Å². The van der Waals surface area contributed by atoms with Crippen LogP contribution in [0.3, 0.4) is 0 Å². The number of nitrogens with zero attached hydrogens (tertiary/aromatic N) is 2. The lowest BCUT2D eigenvalue weighted by Gasteiger charge is -2.25. The first-order chi connectivity index (χ1) is 27.6. The molecule has 0 bridgehead atoms. The van der Waals surface area contributed by atoms with E-state index in [1.807, 2.05) is 72.2 Å². The number of hydrogen-bond donors (Lipinski definition) is 2. The molecule has 0 aliphatic rings. The minimum absolute atomic E-state index is 0.00231. The van der Waals surface area contributed by atoms with Crippen LogP contribution in [0.5, 0.6) is 5.75 Å². The largest absolute Gasteiger partial charge is 0.497 e. The highest BCUT2D eigenvalue weighted by Crippen LogP contribution is 2.23. The van der Waals surface area contributed by atoms with Crippen LogP contribution in [-0.4, -0.2) is 77.9 Å². The van der Waals surface area contributed by atoms with Crippen LogP contribution >= 0.6 is 0 Å². The van der Waals surface area contributed by atoms with E-state index in [2.05, 4.69) is 4.72 Å². The van der Waals surface area contributed by atoms with Gasteiger partial charge in [-0.3, -0.25) is 0 Å². The van der Waals surface area contributed by atoms with Gasteiger partial charge in [-0.25, -0.2) is 43.5 Å². The SMILES string of the molecule is COc1ccc(CNS(=O)(=O)c2ccc(N(CCS(C)(=O)=O)Cc3ccc(C)cc3)cc2)cc1.Cc1ccc(CN(CCS(C)(=O)=O)c2ccc(S(N)(=O)=O)cc2)cc1. The minimum Gasteiger partial charge on any atom is -0.497 e. The zero-order chi connectivity index (χ0) is 43.4. The van der Waals surface area contributed by atoms with E-state index in [0.717, 1.165) is 39.2 Å². The van der Waals surface area contributed by atoms with Gasteiger partial charge in [0.05, 0.1) is 28.4 Å². The fourth-order valence-corrected chi connectivity index (χ4v) is 8.30. The first-order valence-corrected chi connectivity index (χ1v) is 25.6. The first kappa shape index (κ1) is 46.9. The molecule has 0 saturated heterocycles. The summed E-state index contributed by atoms with van der Waals surface area (Å²) in [6.45, 7) is 5.80. The molecule has 5 rings (SSSR count). The van der Waals surface area contributed by atoms with E-state index in [9.17, 15) is 33.7 Å². The van der Waals surface area contributed by atoms with Crippen molar-refractivity contribution in [1.82, 2.24) is 4.72 Å². The number of anilines is 2. The van der Waals surface area contributed by atoms with Crippen LogP contribution in [0.25, 0.3) is 0 Å². The molecule has 13 nitrogen and oxygen atoms in total. The number of aryl methyl sites for hydroxylation is 2. The standard InChI is InChI=1S/C25H30N2O5S2.C17H22N2O4S2/c1-20-4-6-22(7-5-20)19-27(16-17-33(3,28)29)23-10-14-25(15-11-23)34(30,31)26-18-21-8-12-24(32-2)13-9-21;1-14-3-5-15(6-4-14)13-19(11-12-24(2,20)21)16-7-9-17(10-8-16)25(18,22)23/h4-15,26H,16-19H2,1-3H3;3-10H,11-13H2,1-2H3,(H2,18,22,23). The Bertz CT molecular complexity index is 2570. The summed E-state index contributed by atoms with van der Waals surface area (Å²) in [7, 11) is -12.2. The number of benzene rings is 5. The summed E-state index contributed by atoms with van der Waals surface area (Å²) in [5.41, 5.74) is 6.65. The van der Waals surface area contributed by atoms with Gasteiger partial charge in [0.25, 0.3) is 0 Å². The molecule has 0 aromatic heterocycles. The van der Waals surface area contributed by atoms with Gasteiger partial charge in [-0.1, -0.05) is 71.8 Å². The van der Waals surface area contributed by atoms with Crippen LogP contribution in [0.1, 0.15) is 27.8 Å². The lowest BCUT2D eigenvalue weighted by molar-refractivity contribution is 0.414. The topological polar surface area (TPSA) is 190 Å². The minimum atomic E-state index is -3.76. The van der Waals surface area contributed by atoms with Crippen molar-refractivity contribution in [1.29, 1.82) is 0 Å².